The number of amides is 1. The summed E-state index contributed by atoms with van der Waals surface area (Å²) >= 11 is 12.7. The number of nitrogens with one attached hydrogen (secondary N) is 3. The Morgan fingerprint density at radius 1 is 0.909 bits per heavy atom. The minimum Gasteiger partial charge on any atom is -0.350 e. The quantitative estimate of drug-likeness (QED) is 0.169. The van der Waals surface area contributed by atoms with Gasteiger partial charge in [-0.15, -0.1) is 0 Å². The maximum absolute atomic E-state index is 14.3. The minimum atomic E-state index is -0.173. The second kappa shape index (κ2) is 12.0. The first-order valence-electron chi connectivity index (χ1n) is 14.7. The van der Waals surface area contributed by atoms with Crippen LogP contribution >= 0.6 is 23.2 Å². The number of benzene rings is 4. The summed E-state index contributed by atoms with van der Waals surface area (Å²) in [5, 5.41) is 8.99. The number of halogens is 2. The number of carbonyl (C=O) groups is 1. The molecule has 7 rings (SSSR count). The molecule has 0 radical (unpaired) electrons. The van der Waals surface area contributed by atoms with E-state index < -0.39 is 0 Å². The summed E-state index contributed by atoms with van der Waals surface area (Å²) in [4.78, 5) is 22.7. The maximum atomic E-state index is 14.3. The number of hydrogen-bond donors (Lipinski definition) is 3. The van der Waals surface area contributed by atoms with Gasteiger partial charge in [-0.25, -0.2) is 4.98 Å². The third-order valence-corrected chi connectivity index (χ3v) is 9.08. The average molecular weight is 621 g/mol. The van der Waals surface area contributed by atoms with Crippen molar-refractivity contribution in [3.63, 3.8) is 0 Å². The molecule has 8 heteroatoms. The van der Waals surface area contributed by atoms with Crippen molar-refractivity contribution in [3.05, 3.63) is 136 Å². The number of aromatic amines is 1. The van der Waals surface area contributed by atoms with E-state index in [4.69, 9.17) is 28.2 Å². The fourth-order valence-corrected chi connectivity index (χ4v) is 6.62. The molecule has 1 saturated heterocycles. The van der Waals surface area contributed by atoms with Crippen molar-refractivity contribution >= 4 is 40.0 Å². The zero-order valence-corrected chi connectivity index (χ0v) is 25.6. The number of imidazole rings is 1. The Balaban J connectivity index is 1.39. The third kappa shape index (κ3) is 5.30. The average Bonchev–Trinajstić information content (AvgIpc) is 3.78. The fourth-order valence-electron chi connectivity index (χ4n) is 6.32. The van der Waals surface area contributed by atoms with Gasteiger partial charge in [-0.3, -0.25) is 4.79 Å². The fraction of sp³-hybridized carbons (Fsp3) is 0.167. The first kappa shape index (κ1) is 28.4. The molecule has 220 valence electrons. The van der Waals surface area contributed by atoms with Crippen LogP contribution in [0.3, 0.4) is 0 Å². The summed E-state index contributed by atoms with van der Waals surface area (Å²) in [5.41, 5.74) is 6.92. The highest BCUT2D eigenvalue weighted by Crippen LogP contribution is 2.41. The van der Waals surface area contributed by atoms with Crippen molar-refractivity contribution in [1.29, 1.82) is 0 Å². The van der Waals surface area contributed by atoms with Crippen molar-refractivity contribution in [3.8, 4) is 22.5 Å². The van der Waals surface area contributed by atoms with Crippen LogP contribution in [0.1, 0.15) is 40.5 Å². The SMILES string of the molecule is CC(c1ccc(Cl)cc1)n1cnc(-c2ccccc2)c1-c1c(C(=O)NC2CNC[C@H]2c2ccccc2)[nH]c2cc(Cl)ccc12. The largest absolute Gasteiger partial charge is 0.350 e. The van der Waals surface area contributed by atoms with Gasteiger partial charge in [-0.2, -0.15) is 0 Å². The van der Waals surface area contributed by atoms with Gasteiger partial charge in [0.2, 0.25) is 0 Å². The number of fused-ring (bicyclic) bond motifs is 1. The van der Waals surface area contributed by atoms with Crippen molar-refractivity contribution in [2.75, 3.05) is 13.1 Å². The van der Waals surface area contributed by atoms with E-state index in [1.54, 1.807) is 0 Å². The van der Waals surface area contributed by atoms with E-state index in [0.29, 0.717) is 22.3 Å². The lowest BCUT2D eigenvalue weighted by Crippen LogP contribution is -2.39. The van der Waals surface area contributed by atoms with Gasteiger partial charge in [0.15, 0.2) is 0 Å². The second-order valence-electron chi connectivity index (χ2n) is 11.3. The molecule has 1 amide bonds. The molecular formula is C36H31Cl2N5O. The Kier molecular flexibility index (Phi) is 7.73. The standard InChI is InChI=1S/C36H31Cl2N5O/c1-22(23-12-14-26(37)15-13-23)43-21-40-33(25-10-6-3-7-11-25)35(43)32-28-17-16-27(38)18-30(28)41-34(32)36(44)42-31-20-39-19-29(31)24-8-4-2-5-9-24/h2-18,21-22,29,31,39,41H,19-20H2,1H3,(H,42,44)/t22?,29-,31?/m0/s1. The molecule has 6 nitrogen and oxygen atoms in total. The zero-order chi connectivity index (χ0) is 30.2. The molecule has 6 aromatic rings. The van der Waals surface area contributed by atoms with Crippen LogP contribution in [-0.2, 0) is 0 Å². The van der Waals surface area contributed by atoms with E-state index in [9.17, 15) is 4.79 Å². The van der Waals surface area contributed by atoms with Gasteiger partial charge in [0, 0.05) is 57.1 Å². The van der Waals surface area contributed by atoms with Crippen molar-refractivity contribution < 1.29 is 4.79 Å². The second-order valence-corrected chi connectivity index (χ2v) is 12.1. The van der Waals surface area contributed by atoms with E-state index in [1.807, 2.05) is 97.3 Å². The first-order valence-corrected chi connectivity index (χ1v) is 15.5. The highest BCUT2D eigenvalue weighted by atomic mass is 35.5. The molecule has 3 N–H and O–H groups in total. The molecule has 0 bridgehead atoms. The summed E-state index contributed by atoms with van der Waals surface area (Å²) in [6.45, 7) is 3.62. The molecule has 1 fully saturated rings. The molecular weight excluding hydrogens is 589 g/mol. The highest BCUT2D eigenvalue weighted by molar-refractivity contribution is 6.31. The molecule has 0 aliphatic carbocycles. The van der Waals surface area contributed by atoms with E-state index in [-0.39, 0.29) is 23.9 Å². The predicted molar refractivity (Wildman–Crippen MR) is 179 cm³/mol. The molecule has 2 unspecified atom stereocenters. The van der Waals surface area contributed by atoms with E-state index in [0.717, 1.165) is 45.5 Å². The number of H-pyrrole nitrogens is 1. The van der Waals surface area contributed by atoms with E-state index in [1.165, 1.54) is 5.56 Å². The van der Waals surface area contributed by atoms with Gasteiger partial charge >= 0.3 is 0 Å². The van der Waals surface area contributed by atoms with Crippen LogP contribution in [0.5, 0.6) is 0 Å². The van der Waals surface area contributed by atoms with Crippen LogP contribution < -0.4 is 10.6 Å². The molecule has 4 aromatic carbocycles. The number of nitrogens with zero attached hydrogens (tertiary/aromatic N) is 2. The molecule has 1 aliphatic rings. The molecule has 3 heterocycles. The topological polar surface area (TPSA) is 74.7 Å². The van der Waals surface area contributed by atoms with Crippen molar-refractivity contribution in [2.45, 2.75) is 24.9 Å². The smallest absolute Gasteiger partial charge is 0.268 e. The summed E-state index contributed by atoms with van der Waals surface area (Å²) in [6, 6.07) is 33.8. The predicted octanol–water partition coefficient (Wildman–Crippen LogP) is 8.10. The molecule has 2 aromatic heterocycles. The number of rotatable bonds is 7. The van der Waals surface area contributed by atoms with Gasteiger partial charge in [-0.1, -0.05) is 102 Å². The molecule has 44 heavy (non-hydrogen) atoms. The van der Waals surface area contributed by atoms with Crippen molar-refractivity contribution in [1.82, 2.24) is 25.2 Å². The summed E-state index contributed by atoms with van der Waals surface area (Å²) < 4.78 is 2.14. The number of aromatic nitrogens is 3. The van der Waals surface area contributed by atoms with Crippen molar-refractivity contribution in [2.24, 2.45) is 0 Å². The van der Waals surface area contributed by atoms with Gasteiger partial charge in [0.05, 0.1) is 23.8 Å². The minimum absolute atomic E-state index is 0.0701. The van der Waals surface area contributed by atoms with Gasteiger partial charge in [-0.05, 0) is 42.3 Å². The molecule has 0 spiro atoms. The Morgan fingerprint density at radius 2 is 1.61 bits per heavy atom. The van der Waals surface area contributed by atoms with E-state index in [2.05, 4.69) is 39.2 Å². The van der Waals surface area contributed by atoms with Crippen LogP contribution in [-0.4, -0.2) is 39.6 Å². The normalized spacial score (nSPS) is 17.2. The molecule has 1 aliphatic heterocycles. The van der Waals surface area contributed by atoms with Gasteiger partial charge in [0.25, 0.3) is 5.91 Å². The highest BCUT2D eigenvalue weighted by Gasteiger charge is 2.33. The van der Waals surface area contributed by atoms with Crippen LogP contribution in [0, 0.1) is 0 Å². The van der Waals surface area contributed by atoms with Crippen LogP contribution in [0.2, 0.25) is 10.0 Å². The lowest BCUT2D eigenvalue weighted by molar-refractivity contribution is 0.0933. The Labute approximate surface area is 266 Å². The number of hydrogen-bond acceptors (Lipinski definition) is 3. The van der Waals surface area contributed by atoms with Crippen LogP contribution in [0.25, 0.3) is 33.4 Å². The Hall–Kier alpha value is -4.36. The first-order chi connectivity index (χ1) is 21.5. The zero-order valence-electron chi connectivity index (χ0n) is 24.1. The third-order valence-electron chi connectivity index (χ3n) is 8.59. The monoisotopic (exact) mass is 619 g/mol. The maximum Gasteiger partial charge on any atom is 0.268 e. The van der Waals surface area contributed by atoms with Gasteiger partial charge in [0.1, 0.15) is 5.69 Å². The summed E-state index contributed by atoms with van der Waals surface area (Å²) in [6.07, 6.45) is 1.86. The molecule has 0 saturated carbocycles. The summed E-state index contributed by atoms with van der Waals surface area (Å²) in [5.74, 6) is -0.00869. The Morgan fingerprint density at radius 3 is 2.36 bits per heavy atom. The van der Waals surface area contributed by atoms with Gasteiger partial charge < -0.3 is 20.2 Å². The summed E-state index contributed by atoms with van der Waals surface area (Å²) in [7, 11) is 0. The Bertz CT molecular complexity index is 1930. The lowest BCUT2D eigenvalue weighted by Gasteiger charge is -2.21. The van der Waals surface area contributed by atoms with Crippen LogP contribution in [0.4, 0.5) is 0 Å². The van der Waals surface area contributed by atoms with Crippen LogP contribution in [0.15, 0.2) is 109 Å². The molecule has 3 atom stereocenters. The van der Waals surface area contributed by atoms with E-state index >= 15 is 0 Å². The lowest BCUT2D eigenvalue weighted by atomic mass is 9.94. The number of carbonyl (C=O) groups excluding carboxylic acids is 1.